The highest BCUT2D eigenvalue weighted by molar-refractivity contribution is 5.89. The van der Waals surface area contributed by atoms with Gasteiger partial charge in [0.1, 0.15) is 6.10 Å². The van der Waals surface area contributed by atoms with E-state index in [0.29, 0.717) is 6.54 Å². The fourth-order valence-electron chi connectivity index (χ4n) is 2.56. The number of hydrogen-bond donors (Lipinski definition) is 2. The summed E-state index contributed by atoms with van der Waals surface area (Å²) in [5.74, 6) is -0.377. The molecular formula is C11H17NO4. The summed E-state index contributed by atoms with van der Waals surface area (Å²) in [5, 5.41) is 19.9. The molecule has 2 heterocycles. The molecule has 0 bridgehead atoms. The third-order valence-corrected chi connectivity index (χ3v) is 3.59. The molecule has 0 aromatic rings. The fraction of sp³-hybridized carbons (Fsp3) is 0.727. The first-order valence-corrected chi connectivity index (χ1v) is 5.33. The summed E-state index contributed by atoms with van der Waals surface area (Å²) in [4.78, 5) is 13.2. The van der Waals surface area contributed by atoms with Crippen LogP contribution in [-0.2, 0) is 9.53 Å². The summed E-state index contributed by atoms with van der Waals surface area (Å²) in [6.07, 6.45) is -2.45. The highest BCUT2D eigenvalue weighted by Gasteiger charge is 2.57. The van der Waals surface area contributed by atoms with Gasteiger partial charge in [0, 0.05) is 19.6 Å². The molecule has 2 N–H and O–H groups in total. The number of nitrogens with zero attached hydrogens (tertiary/aromatic N) is 1. The average Bonchev–Trinajstić information content (AvgIpc) is 2.23. The Morgan fingerprint density at radius 1 is 1.50 bits per heavy atom. The van der Waals surface area contributed by atoms with E-state index in [4.69, 9.17) is 4.74 Å². The third-order valence-electron chi connectivity index (χ3n) is 3.59. The monoisotopic (exact) mass is 227 g/mol. The number of carbonyl (C=O) groups is 1. The van der Waals surface area contributed by atoms with Gasteiger partial charge in [-0.05, 0) is 6.92 Å². The van der Waals surface area contributed by atoms with Crippen molar-refractivity contribution < 1.29 is 19.7 Å². The van der Waals surface area contributed by atoms with Crippen LogP contribution in [0.3, 0.4) is 0 Å². The fourth-order valence-corrected chi connectivity index (χ4v) is 2.56. The van der Waals surface area contributed by atoms with E-state index >= 15 is 0 Å². The molecule has 2 aliphatic heterocycles. The lowest BCUT2D eigenvalue weighted by atomic mass is 9.77. The number of amides is 1. The van der Waals surface area contributed by atoms with E-state index in [0.717, 1.165) is 5.57 Å². The molecule has 2 rings (SSSR count). The molecule has 5 heteroatoms. The summed E-state index contributed by atoms with van der Waals surface area (Å²) in [6, 6.07) is -0.414. The Bertz CT molecular complexity index is 330. The van der Waals surface area contributed by atoms with E-state index in [9.17, 15) is 15.0 Å². The molecule has 0 aromatic heterocycles. The van der Waals surface area contributed by atoms with Crippen molar-refractivity contribution in [1.29, 1.82) is 0 Å². The maximum Gasteiger partial charge on any atom is 0.254 e. The molecule has 0 aliphatic carbocycles. The van der Waals surface area contributed by atoms with Crippen molar-refractivity contribution in [3.8, 4) is 0 Å². The van der Waals surface area contributed by atoms with E-state index in [1.807, 2.05) is 0 Å². The molecule has 16 heavy (non-hydrogen) atoms. The topological polar surface area (TPSA) is 70.0 Å². The van der Waals surface area contributed by atoms with Gasteiger partial charge in [-0.2, -0.15) is 0 Å². The molecule has 5 atom stereocenters. The van der Waals surface area contributed by atoms with Crippen molar-refractivity contribution in [2.45, 2.75) is 31.3 Å². The van der Waals surface area contributed by atoms with Gasteiger partial charge in [0.15, 0.2) is 6.10 Å². The van der Waals surface area contributed by atoms with Gasteiger partial charge in [0.25, 0.3) is 5.91 Å². The van der Waals surface area contributed by atoms with E-state index in [2.05, 4.69) is 6.58 Å². The first kappa shape index (κ1) is 11.6. The number of rotatable bonds is 2. The predicted molar refractivity (Wildman–Crippen MR) is 56.6 cm³/mol. The van der Waals surface area contributed by atoms with Gasteiger partial charge < -0.3 is 19.8 Å². The molecule has 0 unspecified atom stereocenters. The zero-order chi connectivity index (χ0) is 12.0. The third kappa shape index (κ3) is 1.39. The number of piperidine rings is 1. The highest BCUT2D eigenvalue weighted by Crippen LogP contribution is 2.36. The van der Waals surface area contributed by atoms with Gasteiger partial charge in [-0.25, -0.2) is 0 Å². The van der Waals surface area contributed by atoms with Crippen LogP contribution in [0.2, 0.25) is 0 Å². The van der Waals surface area contributed by atoms with Crippen LogP contribution in [-0.4, -0.2) is 59.0 Å². The summed E-state index contributed by atoms with van der Waals surface area (Å²) in [5.41, 5.74) is 0.777. The van der Waals surface area contributed by atoms with Crippen molar-refractivity contribution in [3.63, 3.8) is 0 Å². The number of ether oxygens (including phenoxy) is 1. The van der Waals surface area contributed by atoms with Crippen LogP contribution in [0.1, 0.15) is 6.92 Å². The number of hydrogen-bond acceptors (Lipinski definition) is 4. The molecule has 90 valence electrons. The zero-order valence-electron chi connectivity index (χ0n) is 9.46. The summed E-state index contributed by atoms with van der Waals surface area (Å²) >= 11 is 0. The second kappa shape index (κ2) is 3.84. The van der Waals surface area contributed by atoms with Crippen LogP contribution in [0.15, 0.2) is 12.2 Å². The van der Waals surface area contributed by atoms with E-state index in [1.165, 1.54) is 7.11 Å². The van der Waals surface area contributed by atoms with E-state index < -0.39 is 24.4 Å². The molecule has 2 fully saturated rings. The first-order valence-electron chi connectivity index (χ1n) is 5.33. The molecule has 0 aromatic carbocycles. The van der Waals surface area contributed by atoms with Gasteiger partial charge in [-0.3, -0.25) is 4.79 Å². The molecule has 2 aliphatic rings. The van der Waals surface area contributed by atoms with Gasteiger partial charge in [0.05, 0.1) is 12.1 Å². The van der Waals surface area contributed by atoms with Gasteiger partial charge in [-0.15, -0.1) is 0 Å². The summed E-state index contributed by atoms with van der Waals surface area (Å²) < 4.78 is 5.00. The lowest BCUT2D eigenvalue weighted by molar-refractivity contribution is -0.204. The lowest BCUT2D eigenvalue weighted by Gasteiger charge is -2.55. The first-order chi connectivity index (χ1) is 7.49. The number of carbonyl (C=O) groups excluding carboxylic acids is 1. The van der Waals surface area contributed by atoms with Crippen molar-refractivity contribution in [2.24, 2.45) is 5.92 Å². The van der Waals surface area contributed by atoms with Crippen LogP contribution in [0.4, 0.5) is 0 Å². The number of β-lactam (4-membered cyclic amide) rings is 1. The Morgan fingerprint density at radius 3 is 2.62 bits per heavy atom. The zero-order valence-corrected chi connectivity index (χ0v) is 9.46. The maximum atomic E-state index is 11.6. The number of aliphatic hydroxyl groups excluding tert-OH is 2. The number of aliphatic hydroxyl groups is 2. The molecule has 5 nitrogen and oxygen atoms in total. The second-order valence-corrected chi connectivity index (χ2v) is 4.57. The highest BCUT2D eigenvalue weighted by atomic mass is 16.5. The van der Waals surface area contributed by atoms with Gasteiger partial charge in [0.2, 0.25) is 0 Å². The van der Waals surface area contributed by atoms with Crippen LogP contribution in [0.5, 0.6) is 0 Å². The minimum atomic E-state index is -0.960. The van der Waals surface area contributed by atoms with Crippen LogP contribution in [0, 0.1) is 5.92 Å². The number of methoxy groups -OCH3 is 1. The van der Waals surface area contributed by atoms with Crippen molar-refractivity contribution in [1.82, 2.24) is 4.90 Å². The van der Waals surface area contributed by atoms with Gasteiger partial charge >= 0.3 is 0 Å². The van der Waals surface area contributed by atoms with E-state index in [1.54, 1.807) is 11.8 Å². The van der Waals surface area contributed by atoms with Crippen LogP contribution >= 0.6 is 0 Å². The summed E-state index contributed by atoms with van der Waals surface area (Å²) in [6.45, 7) is 5.98. The van der Waals surface area contributed by atoms with Crippen molar-refractivity contribution in [2.75, 3.05) is 13.7 Å². The van der Waals surface area contributed by atoms with E-state index in [-0.39, 0.29) is 11.8 Å². The number of fused-ring (bicyclic) bond motifs is 1. The van der Waals surface area contributed by atoms with Crippen LogP contribution < -0.4 is 0 Å². The Morgan fingerprint density at radius 2 is 2.12 bits per heavy atom. The Hall–Kier alpha value is -0.910. The predicted octanol–water partition coefficient (Wildman–Crippen LogP) is -0.860. The quantitative estimate of drug-likeness (QED) is 0.476. The second-order valence-electron chi connectivity index (χ2n) is 4.57. The lowest BCUT2D eigenvalue weighted by Crippen LogP contribution is -2.75. The molecule has 0 saturated carbocycles. The molecular weight excluding hydrogens is 210 g/mol. The standard InChI is InChI=1S/C11H17NO4/c1-5(2)6-4-12-7(9(14)8(6)13)10(16-3)11(12)15/h6-10,13-14H,1,4H2,2-3H3/t6-,7+,8+,9+,10-/m1/s1. The molecule has 0 spiro atoms. The smallest absolute Gasteiger partial charge is 0.254 e. The Kier molecular flexibility index (Phi) is 2.77. The van der Waals surface area contributed by atoms with Crippen LogP contribution in [0.25, 0.3) is 0 Å². The van der Waals surface area contributed by atoms with Gasteiger partial charge in [-0.1, -0.05) is 12.2 Å². The minimum absolute atomic E-state index is 0.121. The Labute approximate surface area is 94.3 Å². The maximum absolute atomic E-state index is 11.6. The normalized spacial score (nSPS) is 42.6. The Balaban J connectivity index is 2.18. The van der Waals surface area contributed by atoms with Crippen molar-refractivity contribution >= 4 is 5.91 Å². The average molecular weight is 227 g/mol. The van der Waals surface area contributed by atoms with Crippen molar-refractivity contribution in [3.05, 3.63) is 12.2 Å². The molecule has 1 amide bonds. The SMILES string of the molecule is C=C(C)[C@H]1CN2C(=O)[C@H](OC)[C@@H]2[C@H](O)[C@H]1O. The summed E-state index contributed by atoms with van der Waals surface area (Å²) in [7, 11) is 1.43. The minimum Gasteiger partial charge on any atom is -0.390 e. The molecule has 2 saturated heterocycles. The largest absolute Gasteiger partial charge is 0.390 e. The molecule has 0 radical (unpaired) electrons.